The molecule has 0 unspecified atom stereocenters. The van der Waals surface area contributed by atoms with Gasteiger partial charge in [0.2, 0.25) is 0 Å². The number of piperidine rings is 1. The van der Waals surface area contributed by atoms with E-state index in [1.807, 2.05) is 6.07 Å². The molecule has 1 aliphatic carbocycles. The van der Waals surface area contributed by atoms with E-state index in [1.165, 1.54) is 33.4 Å². The Labute approximate surface area is 190 Å². The number of rotatable bonds is 4. The smallest absolute Gasteiger partial charge is 0.179 e. The molecule has 0 bridgehead atoms. The standard InChI is InChI=1S/C28H27NO2S/c30-32(31,25-10-2-1-3-11-25)21-20-29-18-16-24(17-19-29)28-26-12-6-4-8-22(26)14-15-23-9-5-7-13-27(23)28/h1-15H,16-21H2. The molecule has 2 aliphatic rings. The average molecular weight is 442 g/mol. The van der Waals surface area contributed by atoms with Crippen molar-refractivity contribution in [1.82, 2.24) is 4.90 Å². The van der Waals surface area contributed by atoms with Crippen LogP contribution in [0.25, 0.3) is 17.7 Å². The zero-order chi connectivity index (χ0) is 22.0. The van der Waals surface area contributed by atoms with E-state index in [-0.39, 0.29) is 5.75 Å². The number of hydrogen-bond acceptors (Lipinski definition) is 3. The maximum Gasteiger partial charge on any atom is 0.179 e. The highest BCUT2D eigenvalue weighted by atomic mass is 32.2. The molecule has 0 aromatic heterocycles. The monoisotopic (exact) mass is 441 g/mol. The Morgan fingerprint density at radius 2 is 1.22 bits per heavy atom. The molecule has 3 aromatic carbocycles. The molecular formula is C28H27NO2S. The molecule has 0 atom stereocenters. The number of nitrogens with zero attached hydrogens (tertiary/aromatic N) is 1. The molecule has 1 saturated heterocycles. The van der Waals surface area contributed by atoms with Gasteiger partial charge < -0.3 is 4.90 Å². The summed E-state index contributed by atoms with van der Waals surface area (Å²) in [5.74, 6) is 0.165. The van der Waals surface area contributed by atoms with Crippen LogP contribution in [-0.4, -0.2) is 38.7 Å². The summed E-state index contributed by atoms with van der Waals surface area (Å²) in [6, 6.07) is 26.0. The minimum absolute atomic E-state index is 0.165. The number of hydrogen-bond donors (Lipinski definition) is 0. The molecule has 1 aliphatic heterocycles. The fourth-order valence-electron chi connectivity index (χ4n) is 4.74. The maximum atomic E-state index is 12.7. The summed E-state index contributed by atoms with van der Waals surface area (Å²) in [5, 5.41) is 0. The van der Waals surface area contributed by atoms with Crippen LogP contribution in [0.1, 0.15) is 35.1 Å². The van der Waals surface area contributed by atoms with Gasteiger partial charge in [0.1, 0.15) is 0 Å². The number of sulfone groups is 1. The molecule has 0 amide bonds. The van der Waals surface area contributed by atoms with Crippen molar-refractivity contribution in [3.63, 3.8) is 0 Å². The summed E-state index contributed by atoms with van der Waals surface area (Å²) in [6.45, 7) is 2.36. The molecule has 3 aromatic rings. The SMILES string of the molecule is O=S(=O)(CCN1CCC(=C2c3ccccc3C=Cc3ccccc32)CC1)c1ccccc1. The Bertz CT molecular complexity index is 1230. The van der Waals surface area contributed by atoms with E-state index in [9.17, 15) is 8.42 Å². The van der Waals surface area contributed by atoms with Crippen molar-refractivity contribution in [2.24, 2.45) is 0 Å². The molecule has 0 radical (unpaired) electrons. The van der Waals surface area contributed by atoms with Crippen molar-refractivity contribution in [3.05, 3.63) is 107 Å². The summed E-state index contributed by atoms with van der Waals surface area (Å²) >= 11 is 0. The first-order chi connectivity index (χ1) is 15.6. The van der Waals surface area contributed by atoms with Gasteiger partial charge in [0.25, 0.3) is 0 Å². The van der Waals surface area contributed by atoms with Crippen LogP contribution < -0.4 is 0 Å². The van der Waals surface area contributed by atoms with Gasteiger partial charge in [-0.1, -0.05) is 84.5 Å². The molecule has 0 saturated carbocycles. The highest BCUT2D eigenvalue weighted by Gasteiger charge is 2.23. The third-order valence-electron chi connectivity index (χ3n) is 6.49. The van der Waals surface area contributed by atoms with Gasteiger partial charge in [-0.2, -0.15) is 0 Å². The molecule has 1 heterocycles. The van der Waals surface area contributed by atoms with Crippen LogP contribution in [0.2, 0.25) is 0 Å². The number of likely N-dealkylation sites (tertiary alicyclic amines) is 1. The molecule has 162 valence electrons. The van der Waals surface area contributed by atoms with Gasteiger partial charge in [-0.3, -0.25) is 0 Å². The van der Waals surface area contributed by atoms with Crippen LogP contribution in [0, 0.1) is 0 Å². The Balaban J connectivity index is 1.37. The zero-order valence-corrected chi connectivity index (χ0v) is 18.9. The molecule has 4 heteroatoms. The van der Waals surface area contributed by atoms with E-state index in [0.717, 1.165) is 25.9 Å². The quantitative estimate of drug-likeness (QED) is 0.417. The molecular weight excluding hydrogens is 414 g/mol. The lowest BCUT2D eigenvalue weighted by atomic mass is 9.86. The second-order valence-electron chi connectivity index (χ2n) is 8.46. The van der Waals surface area contributed by atoms with E-state index < -0.39 is 9.84 Å². The first kappa shape index (κ1) is 20.9. The molecule has 5 rings (SSSR count). The molecule has 32 heavy (non-hydrogen) atoms. The van der Waals surface area contributed by atoms with Crippen LogP contribution in [-0.2, 0) is 9.84 Å². The van der Waals surface area contributed by atoms with Crippen LogP contribution in [0.15, 0.2) is 89.3 Å². The van der Waals surface area contributed by atoms with Gasteiger partial charge >= 0.3 is 0 Å². The molecule has 0 N–H and O–H groups in total. The Hall–Kier alpha value is -2.95. The van der Waals surface area contributed by atoms with E-state index >= 15 is 0 Å². The maximum absolute atomic E-state index is 12.7. The van der Waals surface area contributed by atoms with Gasteiger partial charge in [0, 0.05) is 19.6 Å². The first-order valence-corrected chi connectivity index (χ1v) is 12.9. The Kier molecular flexibility index (Phi) is 5.81. The third-order valence-corrected chi connectivity index (χ3v) is 8.20. The Morgan fingerprint density at radius 1 is 0.688 bits per heavy atom. The topological polar surface area (TPSA) is 37.4 Å². The summed E-state index contributed by atoms with van der Waals surface area (Å²) in [6.07, 6.45) is 6.35. The van der Waals surface area contributed by atoms with Crippen LogP contribution in [0.5, 0.6) is 0 Å². The third kappa shape index (κ3) is 4.21. The summed E-state index contributed by atoms with van der Waals surface area (Å²) in [5.41, 5.74) is 7.92. The van der Waals surface area contributed by atoms with Crippen LogP contribution in [0.3, 0.4) is 0 Å². The summed E-state index contributed by atoms with van der Waals surface area (Å²) < 4.78 is 25.3. The number of benzene rings is 3. The van der Waals surface area contributed by atoms with Crippen molar-refractivity contribution in [1.29, 1.82) is 0 Å². The second kappa shape index (κ2) is 8.89. The highest BCUT2D eigenvalue weighted by Crippen LogP contribution is 2.38. The van der Waals surface area contributed by atoms with Crippen molar-refractivity contribution in [3.8, 4) is 0 Å². The Morgan fingerprint density at radius 3 is 1.81 bits per heavy atom. The highest BCUT2D eigenvalue weighted by molar-refractivity contribution is 7.91. The van der Waals surface area contributed by atoms with Crippen molar-refractivity contribution < 1.29 is 8.42 Å². The largest absolute Gasteiger partial charge is 0.302 e. The first-order valence-electron chi connectivity index (χ1n) is 11.2. The van der Waals surface area contributed by atoms with Gasteiger partial charge in [-0.05, 0) is 52.8 Å². The lowest BCUT2D eigenvalue weighted by Crippen LogP contribution is -2.35. The van der Waals surface area contributed by atoms with Gasteiger partial charge in [0.15, 0.2) is 9.84 Å². The molecule has 3 nitrogen and oxygen atoms in total. The van der Waals surface area contributed by atoms with E-state index in [0.29, 0.717) is 11.4 Å². The van der Waals surface area contributed by atoms with E-state index in [4.69, 9.17) is 0 Å². The predicted octanol–water partition coefficient (Wildman–Crippen LogP) is 5.54. The van der Waals surface area contributed by atoms with E-state index in [1.54, 1.807) is 24.3 Å². The fraction of sp³-hybridized carbons (Fsp3) is 0.214. The number of fused-ring (bicyclic) bond motifs is 2. The van der Waals surface area contributed by atoms with Crippen molar-refractivity contribution in [2.45, 2.75) is 17.7 Å². The van der Waals surface area contributed by atoms with E-state index in [2.05, 4.69) is 65.6 Å². The van der Waals surface area contributed by atoms with Crippen molar-refractivity contribution in [2.75, 3.05) is 25.4 Å². The summed E-state index contributed by atoms with van der Waals surface area (Å²) in [7, 11) is -3.24. The predicted molar refractivity (Wildman–Crippen MR) is 132 cm³/mol. The lowest BCUT2D eigenvalue weighted by molar-refractivity contribution is 0.271. The summed E-state index contributed by atoms with van der Waals surface area (Å²) in [4.78, 5) is 2.70. The minimum Gasteiger partial charge on any atom is -0.302 e. The normalized spacial score (nSPS) is 16.4. The zero-order valence-electron chi connectivity index (χ0n) is 18.1. The van der Waals surface area contributed by atoms with Crippen molar-refractivity contribution >= 4 is 27.6 Å². The van der Waals surface area contributed by atoms with Crippen LogP contribution in [0.4, 0.5) is 0 Å². The lowest BCUT2D eigenvalue weighted by Gasteiger charge is -2.30. The van der Waals surface area contributed by atoms with Gasteiger partial charge in [-0.25, -0.2) is 8.42 Å². The van der Waals surface area contributed by atoms with Crippen LogP contribution >= 0.6 is 0 Å². The minimum atomic E-state index is -3.24. The fourth-order valence-corrected chi connectivity index (χ4v) is 6.04. The molecule has 1 fully saturated rings. The second-order valence-corrected chi connectivity index (χ2v) is 10.6. The van der Waals surface area contributed by atoms with Gasteiger partial charge in [-0.15, -0.1) is 0 Å². The van der Waals surface area contributed by atoms with Gasteiger partial charge in [0.05, 0.1) is 10.6 Å². The average Bonchev–Trinajstić information content (AvgIpc) is 3.01. The molecule has 0 spiro atoms.